The maximum atomic E-state index is 12.8. The molecule has 9 nitrogen and oxygen atoms in total. The lowest BCUT2D eigenvalue weighted by atomic mass is 10.0. The van der Waals surface area contributed by atoms with Crippen LogP contribution in [0.15, 0.2) is 85.1 Å². The van der Waals surface area contributed by atoms with E-state index in [2.05, 4.69) is 98.9 Å². The summed E-state index contributed by atoms with van der Waals surface area (Å²) in [6.45, 7) is 3.68. The van der Waals surface area contributed by atoms with Gasteiger partial charge in [-0.15, -0.1) is 0 Å². The van der Waals surface area contributed by atoms with Crippen LogP contribution in [0.25, 0.3) is 0 Å². The molecule has 0 heterocycles. The van der Waals surface area contributed by atoms with Crippen LogP contribution >= 0.6 is 7.82 Å². The summed E-state index contributed by atoms with van der Waals surface area (Å²) >= 11 is 0. The van der Waals surface area contributed by atoms with Gasteiger partial charge >= 0.3 is 19.8 Å². The number of hydrogen-bond donors (Lipinski definition) is 2. The number of nitrogens with two attached hydrogens (primary N) is 1. The lowest BCUT2D eigenvalue weighted by Crippen LogP contribution is -2.29. The van der Waals surface area contributed by atoms with Crippen LogP contribution in [0.1, 0.15) is 399 Å². The fourth-order valence-corrected chi connectivity index (χ4v) is 12.6. The number of allylic oxidation sites excluding steroid dienone is 14. The highest BCUT2D eigenvalue weighted by Gasteiger charge is 2.26. The third kappa shape index (κ3) is 78.1. The molecular weight excluding hydrogens is 1170 g/mol. The first-order valence-electron chi connectivity index (χ1n) is 40.1. The Hall–Kier alpha value is -2.81. The molecule has 3 N–H and O–H groups in total. The van der Waals surface area contributed by atoms with E-state index in [0.29, 0.717) is 6.42 Å². The van der Waals surface area contributed by atoms with E-state index in [1.54, 1.807) is 0 Å². The molecule has 0 saturated carbocycles. The Bertz CT molecular complexity index is 1810. The average molecular weight is 1320 g/mol. The van der Waals surface area contributed by atoms with E-state index in [4.69, 9.17) is 24.3 Å². The van der Waals surface area contributed by atoms with Crippen molar-refractivity contribution in [3.63, 3.8) is 0 Å². The van der Waals surface area contributed by atoms with Gasteiger partial charge in [-0.2, -0.15) is 0 Å². The van der Waals surface area contributed by atoms with Crippen molar-refractivity contribution in [2.45, 2.75) is 405 Å². The van der Waals surface area contributed by atoms with Gasteiger partial charge in [-0.05, 0) is 89.9 Å². The number of phosphoric ester groups is 1. The molecule has 0 aromatic heterocycles. The van der Waals surface area contributed by atoms with Gasteiger partial charge in [-0.25, -0.2) is 4.57 Å². The van der Waals surface area contributed by atoms with E-state index in [1.165, 1.54) is 289 Å². The Morgan fingerprint density at radius 1 is 0.333 bits per heavy atom. The van der Waals surface area contributed by atoms with Crippen LogP contribution in [0.2, 0.25) is 0 Å². The van der Waals surface area contributed by atoms with Gasteiger partial charge in [-0.1, -0.05) is 381 Å². The SMILES string of the molecule is CC/C=C\C/C=C\C/C=C\C/C=C\C/C=C\C/C=C\CCCCCCCCCCCCCCC(=O)OC(COC(=O)CCCCCCCCCCCCCCCCCCCCCCCCCCCCCCC/C=C\CCCCCCCCCC)COP(=O)(O)OCCN. The second-order valence-electron chi connectivity index (χ2n) is 26.9. The highest BCUT2D eigenvalue weighted by atomic mass is 31.2. The van der Waals surface area contributed by atoms with Crippen molar-refractivity contribution < 1.29 is 37.6 Å². The third-order valence-corrected chi connectivity index (χ3v) is 18.7. The molecule has 93 heavy (non-hydrogen) atoms. The van der Waals surface area contributed by atoms with E-state index in [1.807, 2.05) is 0 Å². The Morgan fingerprint density at radius 2 is 0.591 bits per heavy atom. The highest BCUT2D eigenvalue weighted by molar-refractivity contribution is 7.47. The van der Waals surface area contributed by atoms with Crippen LogP contribution < -0.4 is 5.73 Å². The van der Waals surface area contributed by atoms with Crippen LogP contribution in [0, 0.1) is 0 Å². The minimum Gasteiger partial charge on any atom is -0.462 e. The van der Waals surface area contributed by atoms with Gasteiger partial charge in [0.1, 0.15) is 6.61 Å². The standard InChI is InChI=1S/C83H152NO8P/c1-3-5-7-9-11-13-15-17-19-21-23-25-27-29-31-33-35-36-37-38-39-40-41-42-43-44-46-47-49-51-53-55-57-59-61-63-65-67-69-71-73-75-82(85)89-79-81(80-91-93(87,88)90-78-77-84)92-83(86)76-74-72-70-68-66-64-62-60-58-56-54-52-50-48-45-34-32-30-28-26-24-22-20-18-16-14-12-10-8-6-4-2/h6,8,12,14,18,20-21,23-24,26,30,32,45,48,81H,3-5,7,9-11,13,15-17,19,22,25,27-29,31,33-44,46-47,49-80,84H2,1-2H3,(H,87,88)/b8-6-,14-12-,20-18-,23-21-,26-24-,32-30-,48-45-. The van der Waals surface area contributed by atoms with Crippen LogP contribution in [-0.4, -0.2) is 49.3 Å². The first kappa shape index (κ1) is 90.2. The number of esters is 2. The van der Waals surface area contributed by atoms with Gasteiger partial charge < -0.3 is 20.1 Å². The number of phosphoric acid groups is 1. The fraction of sp³-hybridized carbons (Fsp3) is 0.807. The van der Waals surface area contributed by atoms with Gasteiger partial charge in [-0.3, -0.25) is 18.6 Å². The molecule has 0 aromatic carbocycles. The van der Waals surface area contributed by atoms with Gasteiger partial charge in [0.25, 0.3) is 0 Å². The summed E-state index contributed by atoms with van der Waals surface area (Å²) in [4.78, 5) is 35.5. The average Bonchev–Trinajstić information content (AvgIpc) is 3.70. The maximum absolute atomic E-state index is 12.8. The summed E-state index contributed by atoms with van der Waals surface area (Å²) in [7, 11) is -4.40. The number of rotatable bonds is 76. The second-order valence-corrected chi connectivity index (χ2v) is 28.4. The van der Waals surface area contributed by atoms with E-state index >= 15 is 0 Å². The normalized spacial score (nSPS) is 13.3. The van der Waals surface area contributed by atoms with E-state index in [-0.39, 0.29) is 38.6 Å². The molecule has 0 aliphatic carbocycles. The van der Waals surface area contributed by atoms with Crippen molar-refractivity contribution in [1.29, 1.82) is 0 Å². The second kappa shape index (κ2) is 78.2. The van der Waals surface area contributed by atoms with Crippen molar-refractivity contribution in [3.8, 4) is 0 Å². The van der Waals surface area contributed by atoms with Gasteiger partial charge in [0.2, 0.25) is 0 Å². The zero-order chi connectivity index (χ0) is 67.2. The first-order chi connectivity index (χ1) is 45.8. The van der Waals surface area contributed by atoms with Crippen LogP contribution in [0.4, 0.5) is 0 Å². The number of unbranched alkanes of at least 4 members (excludes halogenated alkanes) is 49. The summed E-state index contributed by atoms with van der Waals surface area (Å²) in [5, 5.41) is 0. The van der Waals surface area contributed by atoms with Crippen LogP contribution in [-0.2, 0) is 32.7 Å². The Balaban J connectivity index is 3.77. The van der Waals surface area contributed by atoms with Crippen molar-refractivity contribution in [3.05, 3.63) is 85.1 Å². The summed E-state index contributed by atoms with van der Waals surface area (Å²) in [5.74, 6) is -0.815. The third-order valence-electron chi connectivity index (χ3n) is 17.8. The number of ether oxygens (including phenoxy) is 2. The monoisotopic (exact) mass is 1320 g/mol. The summed E-state index contributed by atoms with van der Waals surface area (Å²) in [6, 6.07) is 0. The van der Waals surface area contributed by atoms with E-state index < -0.39 is 26.5 Å². The quantitative estimate of drug-likeness (QED) is 0.0264. The zero-order valence-electron chi connectivity index (χ0n) is 61.2. The molecule has 0 aromatic rings. The minimum atomic E-state index is -4.40. The number of carbonyl (C=O) groups is 2. The van der Waals surface area contributed by atoms with Crippen molar-refractivity contribution >= 4 is 19.8 Å². The first-order valence-corrected chi connectivity index (χ1v) is 41.6. The Labute approximate surface area is 576 Å². The predicted octanol–water partition coefficient (Wildman–Crippen LogP) is 26.9. The largest absolute Gasteiger partial charge is 0.472 e. The smallest absolute Gasteiger partial charge is 0.462 e. The van der Waals surface area contributed by atoms with Crippen molar-refractivity contribution in [2.24, 2.45) is 5.73 Å². The summed E-state index contributed by atoms with van der Waals surface area (Å²) < 4.78 is 33.3. The predicted molar refractivity (Wildman–Crippen MR) is 404 cm³/mol. The molecule has 0 fully saturated rings. The van der Waals surface area contributed by atoms with E-state index in [9.17, 15) is 19.0 Å². The lowest BCUT2D eigenvalue weighted by Gasteiger charge is -2.19. The molecule has 0 aliphatic heterocycles. The molecule has 2 atom stereocenters. The molecule has 0 bridgehead atoms. The molecule has 0 saturated heterocycles. The molecule has 0 radical (unpaired) electrons. The molecule has 0 spiro atoms. The Kier molecular flexibility index (Phi) is 75.8. The van der Waals surface area contributed by atoms with Gasteiger partial charge in [0.15, 0.2) is 6.10 Å². The van der Waals surface area contributed by atoms with Crippen molar-refractivity contribution in [1.82, 2.24) is 0 Å². The molecule has 0 rings (SSSR count). The molecular formula is C83H152NO8P. The van der Waals surface area contributed by atoms with Crippen molar-refractivity contribution in [2.75, 3.05) is 26.4 Å². The van der Waals surface area contributed by atoms with E-state index in [0.717, 1.165) is 77.0 Å². The summed E-state index contributed by atoms with van der Waals surface area (Å²) in [6.07, 6.45) is 106. The molecule has 10 heteroatoms. The van der Waals surface area contributed by atoms with Crippen LogP contribution in [0.3, 0.4) is 0 Å². The van der Waals surface area contributed by atoms with Gasteiger partial charge in [0.05, 0.1) is 13.2 Å². The highest BCUT2D eigenvalue weighted by Crippen LogP contribution is 2.43. The lowest BCUT2D eigenvalue weighted by molar-refractivity contribution is -0.161. The van der Waals surface area contributed by atoms with Crippen LogP contribution in [0.5, 0.6) is 0 Å². The number of carbonyl (C=O) groups excluding carboxylic acids is 2. The minimum absolute atomic E-state index is 0.0521. The molecule has 0 aliphatic rings. The maximum Gasteiger partial charge on any atom is 0.472 e. The number of hydrogen-bond acceptors (Lipinski definition) is 8. The molecule has 2 unspecified atom stereocenters. The Morgan fingerprint density at radius 3 is 0.892 bits per heavy atom. The molecule has 542 valence electrons. The van der Waals surface area contributed by atoms with Gasteiger partial charge in [0, 0.05) is 19.4 Å². The fourth-order valence-electron chi connectivity index (χ4n) is 11.9. The zero-order valence-corrected chi connectivity index (χ0v) is 62.1. The topological polar surface area (TPSA) is 134 Å². The summed E-state index contributed by atoms with van der Waals surface area (Å²) in [5.41, 5.74) is 5.41. The molecule has 0 amide bonds.